The largest absolute Gasteiger partial charge is 0.313 e. The van der Waals surface area contributed by atoms with Crippen molar-refractivity contribution in [2.75, 3.05) is 6.54 Å². The topological polar surface area (TPSA) is 24.9 Å². The fraction of sp³-hybridized carbons (Fsp3) is 0.583. The first-order valence-corrected chi connectivity index (χ1v) is 6.39. The van der Waals surface area contributed by atoms with E-state index in [0.29, 0.717) is 4.83 Å². The van der Waals surface area contributed by atoms with Gasteiger partial charge in [-0.25, -0.2) is 0 Å². The quantitative estimate of drug-likeness (QED) is 0.635. The Labute approximate surface area is 101 Å². The van der Waals surface area contributed by atoms with E-state index in [9.17, 15) is 0 Å². The molecule has 0 bridgehead atoms. The first-order chi connectivity index (χ1) is 7.22. The Morgan fingerprint density at radius 2 is 2.27 bits per heavy atom. The molecule has 1 heterocycles. The summed E-state index contributed by atoms with van der Waals surface area (Å²) in [5.41, 5.74) is 2.49. The van der Waals surface area contributed by atoms with Crippen LogP contribution in [0.2, 0.25) is 0 Å². The van der Waals surface area contributed by atoms with Crippen molar-refractivity contribution in [3.63, 3.8) is 0 Å². The van der Waals surface area contributed by atoms with Gasteiger partial charge in [-0.15, -0.1) is 0 Å². The molecule has 0 fully saturated rings. The zero-order valence-electron chi connectivity index (χ0n) is 9.46. The second-order valence-corrected chi connectivity index (χ2v) is 5.14. The summed E-state index contributed by atoms with van der Waals surface area (Å²) in [6, 6.07) is 2.17. The molecule has 15 heavy (non-hydrogen) atoms. The van der Waals surface area contributed by atoms with Gasteiger partial charge in [-0.1, -0.05) is 28.9 Å². The summed E-state index contributed by atoms with van der Waals surface area (Å²) in [7, 11) is 0. The molecule has 1 rings (SSSR count). The molecule has 0 aliphatic rings. The highest BCUT2D eigenvalue weighted by molar-refractivity contribution is 9.09. The number of rotatable bonds is 6. The number of alkyl halides is 1. The van der Waals surface area contributed by atoms with Crippen LogP contribution in [0, 0.1) is 6.92 Å². The van der Waals surface area contributed by atoms with Gasteiger partial charge in [-0.05, 0) is 37.4 Å². The summed E-state index contributed by atoms with van der Waals surface area (Å²) in [6.45, 7) is 6.24. The van der Waals surface area contributed by atoms with E-state index in [1.165, 1.54) is 24.0 Å². The van der Waals surface area contributed by atoms with Crippen LogP contribution in [0.25, 0.3) is 0 Å². The van der Waals surface area contributed by atoms with Crippen LogP contribution < -0.4 is 5.32 Å². The van der Waals surface area contributed by atoms with Gasteiger partial charge in [0.05, 0.1) is 0 Å². The molecule has 0 saturated carbocycles. The van der Waals surface area contributed by atoms with Crippen LogP contribution in [0.15, 0.2) is 18.5 Å². The highest BCUT2D eigenvalue weighted by Gasteiger charge is 1.99. The molecule has 1 aromatic heterocycles. The SMILES string of the molecule is CCC(Br)CCNCc1cncc(C)c1. The van der Waals surface area contributed by atoms with Crippen molar-refractivity contribution in [3.05, 3.63) is 29.6 Å². The van der Waals surface area contributed by atoms with Gasteiger partial charge in [0.25, 0.3) is 0 Å². The molecule has 1 atom stereocenters. The highest BCUT2D eigenvalue weighted by Crippen LogP contribution is 2.08. The Kier molecular flexibility index (Phi) is 5.88. The van der Waals surface area contributed by atoms with E-state index in [1.807, 2.05) is 12.4 Å². The Morgan fingerprint density at radius 3 is 2.93 bits per heavy atom. The van der Waals surface area contributed by atoms with Gasteiger partial charge < -0.3 is 5.32 Å². The lowest BCUT2D eigenvalue weighted by atomic mass is 10.2. The number of nitrogens with one attached hydrogen (secondary N) is 1. The molecule has 1 unspecified atom stereocenters. The average Bonchev–Trinajstić information content (AvgIpc) is 2.24. The predicted octanol–water partition coefficient (Wildman–Crippen LogP) is 3.04. The van der Waals surface area contributed by atoms with Gasteiger partial charge in [0.2, 0.25) is 0 Å². The highest BCUT2D eigenvalue weighted by atomic mass is 79.9. The van der Waals surface area contributed by atoms with E-state index in [2.05, 4.69) is 46.1 Å². The number of nitrogens with zero attached hydrogens (tertiary/aromatic N) is 1. The van der Waals surface area contributed by atoms with Gasteiger partial charge in [-0.2, -0.15) is 0 Å². The van der Waals surface area contributed by atoms with Crippen molar-refractivity contribution >= 4 is 15.9 Å². The molecular formula is C12H19BrN2. The van der Waals surface area contributed by atoms with Crippen molar-refractivity contribution < 1.29 is 0 Å². The lowest BCUT2D eigenvalue weighted by Gasteiger charge is -2.08. The molecule has 0 aliphatic carbocycles. The van der Waals surface area contributed by atoms with E-state index in [-0.39, 0.29) is 0 Å². The van der Waals surface area contributed by atoms with Gasteiger partial charge in [-0.3, -0.25) is 4.98 Å². The molecule has 1 N–H and O–H groups in total. The molecule has 2 nitrogen and oxygen atoms in total. The molecule has 0 aliphatic heterocycles. The summed E-state index contributed by atoms with van der Waals surface area (Å²) >= 11 is 3.62. The summed E-state index contributed by atoms with van der Waals surface area (Å²) in [5.74, 6) is 0. The standard InChI is InChI=1S/C12H19BrN2/c1-3-12(13)4-5-14-8-11-6-10(2)7-15-9-11/h6-7,9,12,14H,3-5,8H2,1-2H3. The maximum atomic E-state index is 4.16. The lowest BCUT2D eigenvalue weighted by molar-refractivity contribution is 0.629. The molecule has 84 valence electrons. The van der Waals surface area contributed by atoms with Crippen LogP contribution in [0.4, 0.5) is 0 Å². The molecule has 0 spiro atoms. The summed E-state index contributed by atoms with van der Waals surface area (Å²) in [6.07, 6.45) is 6.17. The number of pyridine rings is 1. The maximum absolute atomic E-state index is 4.16. The molecular weight excluding hydrogens is 252 g/mol. The Hall–Kier alpha value is -0.410. The van der Waals surface area contributed by atoms with E-state index < -0.39 is 0 Å². The minimum Gasteiger partial charge on any atom is -0.313 e. The van der Waals surface area contributed by atoms with Crippen molar-refractivity contribution in [2.24, 2.45) is 0 Å². The van der Waals surface area contributed by atoms with Gasteiger partial charge in [0, 0.05) is 23.8 Å². The van der Waals surface area contributed by atoms with Crippen LogP contribution in [0.1, 0.15) is 30.9 Å². The van der Waals surface area contributed by atoms with Crippen LogP contribution in [0.5, 0.6) is 0 Å². The summed E-state index contributed by atoms with van der Waals surface area (Å²) in [5, 5.41) is 3.42. The van der Waals surface area contributed by atoms with Crippen LogP contribution in [0.3, 0.4) is 0 Å². The Morgan fingerprint density at radius 1 is 1.47 bits per heavy atom. The number of hydrogen-bond donors (Lipinski definition) is 1. The first kappa shape index (κ1) is 12.7. The number of hydrogen-bond acceptors (Lipinski definition) is 2. The Balaban J connectivity index is 2.20. The second-order valence-electron chi connectivity index (χ2n) is 3.84. The van der Waals surface area contributed by atoms with Crippen LogP contribution in [-0.2, 0) is 6.54 Å². The normalized spacial score (nSPS) is 12.7. The average molecular weight is 271 g/mol. The zero-order chi connectivity index (χ0) is 11.1. The fourth-order valence-electron chi connectivity index (χ4n) is 1.41. The van der Waals surface area contributed by atoms with E-state index >= 15 is 0 Å². The Bertz CT molecular complexity index is 289. The fourth-order valence-corrected chi connectivity index (χ4v) is 1.64. The minimum absolute atomic E-state index is 0.639. The monoisotopic (exact) mass is 270 g/mol. The van der Waals surface area contributed by atoms with Crippen molar-refractivity contribution in [1.29, 1.82) is 0 Å². The van der Waals surface area contributed by atoms with E-state index in [1.54, 1.807) is 0 Å². The van der Waals surface area contributed by atoms with Gasteiger partial charge in [0.15, 0.2) is 0 Å². The van der Waals surface area contributed by atoms with Crippen molar-refractivity contribution in [2.45, 2.75) is 38.1 Å². The molecule has 0 amide bonds. The number of halogens is 1. The van der Waals surface area contributed by atoms with Crippen molar-refractivity contribution in [1.82, 2.24) is 10.3 Å². The van der Waals surface area contributed by atoms with E-state index in [0.717, 1.165) is 13.1 Å². The van der Waals surface area contributed by atoms with Gasteiger partial charge >= 0.3 is 0 Å². The third kappa shape index (κ3) is 5.28. The minimum atomic E-state index is 0.639. The van der Waals surface area contributed by atoms with Crippen molar-refractivity contribution in [3.8, 4) is 0 Å². The third-order valence-corrected chi connectivity index (χ3v) is 3.44. The maximum Gasteiger partial charge on any atom is 0.0313 e. The third-order valence-electron chi connectivity index (χ3n) is 2.34. The summed E-state index contributed by atoms with van der Waals surface area (Å²) in [4.78, 5) is 4.80. The molecule has 3 heteroatoms. The number of aryl methyl sites for hydroxylation is 1. The van der Waals surface area contributed by atoms with Gasteiger partial charge in [0.1, 0.15) is 0 Å². The van der Waals surface area contributed by atoms with Crippen LogP contribution >= 0.6 is 15.9 Å². The zero-order valence-corrected chi connectivity index (χ0v) is 11.0. The van der Waals surface area contributed by atoms with Crippen LogP contribution in [-0.4, -0.2) is 16.4 Å². The first-order valence-electron chi connectivity index (χ1n) is 5.47. The molecule has 0 aromatic carbocycles. The lowest BCUT2D eigenvalue weighted by Crippen LogP contribution is -2.17. The second kappa shape index (κ2) is 6.96. The van der Waals surface area contributed by atoms with E-state index in [4.69, 9.17) is 0 Å². The predicted molar refractivity (Wildman–Crippen MR) is 68.3 cm³/mol. The molecule has 0 radical (unpaired) electrons. The molecule has 1 aromatic rings. The number of aromatic nitrogens is 1. The smallest absolute Gasteiger partial charge is 0.0313 e. The molecule has 0 saturated heterocycles. The summed E-state index contributed by atoms with van der Waals surface area (Å²) < 4.78 is 0.